The van der Waals surface area contributed by atoms with Crippen molar-refractivity contribution in [1.82, 2.24) is 4.98 Å². The van der Waals surface area contributed by atoms with E-state index < -0.39 is 16.1 Å². The number of aliphatic hydroxyl groups is 1. The first-order valence-corrected chi connectivity index (χ1v) is 12.1. The fourth-order valence-electron chi connectivity index (χ4n) is 3.72. The van der Waals surface area contributed by atoms with Crippen molar-refractivity contribution in [1.29, 1.82) is 0 Å². The second-order valence-corrected chi connectivity index (χ2v) is 9.43. The summed E-state index contributed by atoms with van der Waals surface area (Å²) in [5.74, 6) is 0. The highest BCUT2D eigenvalue weighted by atomic mass is 32.2. The number of rotatable bonds is 9. The second-order valence-electron chi connectivity index (χ2n) is 7.69. The number of hydrogen-bond donors (Lipinski definition) is 5. The van der Waals surface area contributed by atoms with E-state index in [0.717, 1.165) is 36.1 Å². The van der Waals surface area contributed by atoms with Gasteiger partial charge in [-0.3, -0.25) is 4.72 Å². The molecule has 0 bridgehead atoms. The molecule has 0 aliphatic rings. The van der Waals surface area contributed by atoms with Crippen LogP contribution in [-0.4, -0.2) is 44.4 Å². The summed E-state index contributed by atoms with van der Waals surface area (Å²) >= 11 is 0. The van der Waals surface area contributed by atoms with Crippen molar-refractivity contribution in [2.75, 3.05) is 35.9 Å². The van der Waals surface area contributed by atoms with Gasteiger partial charge in [0.2, 0.25) is 10.0 Å². The lowest BCUT2D eigenvalue weighted by Gasteiger charge is -2.12. The predicted molar refractivity (Wildman–Crippen MR) is 126 cm³/mol. The maximum absolute atomic E-state index is 11.4. The van der Waals surface area contributed by atoms with E-state index in [1.165, 1.54) is 10.8 Å². The number of sulfonamides is 1. The average Bonchev–Trinajstić information content (AvgIpc) is 3.10. The van der Waals surface area contributed by atoms with Crippen LogP contribution in [0.3, 0.4) is 0 Å². The third kappa shape index (κ3) is 5.35. The number of H-pyrrole nitrogens is 1. The molecule has 31 heavy (non-hydrogen) atoms. The monoisotopic (exact) mass is 439 g/mol. The number of quaternary nitrogens is 1. The number of nitrogens with one attached hydrogen (secondary N) is 3. The number of aromatic nitrogens is 1. The zero-order chi connectivity index (χ0) is 21.8. The zero-order valence-corrected chi connectivity index (χ0v) is 18.1. The average molecular weight is 440 g/mol. The van der Waals surface area contributed by atoms with Crippen LogP contribution < -0.4 is 15.4 Å². The summed E-state index contributed by atoms with van der Waals surface area (Å²) in [6.45, 7) is 2.04. The molecule has 0 amide bonds. The largest absolute Gasteiger partial charge is 0.382 e. The fourth-order valence-corrected chi connectivity index (χ4v) is 4.27. The summed E-state index contributed by atoms with van der Waals surface area (Å²) in [6, 6.07) is 21.4. The molecule has 7 nitrogen and oxygen atoms in total. The van der Waals surface area contributed by atoms with Crippen molar-refractivity contribution in [3.63, 3.8) is 0 Å². The highest BCUT2D eigenvalue weighted by Crippen LogP contribution is 2.27. The molecule has 0 aliphatic heterocycles. The fraction of sp³-hybridized carbons (Fsp3) is 0.217. The quantitative estimate of drug-likeness (QED) is 0.258. The molecular weight excluding hydrogens is 412 g/mol. The van der Waals surface area contributed by atoms with Crippen LogP contribution in [0.25, 0.3) is 21.8 Å². The summed E-state index contributed by atoms with van der Waals surface area (Å²) < 4.78 is 25.2. The van der Waals surface area contributed by atoms with Crippen LogP contribution in [0, 0.1) is 0 Å². The Hall–Kier alpha value is -3.07. The first-order chi connectivity index (χ1) is 14.9. The number of anilines is 2. The molecule has 0 spiro atoms. The molecule has 1 aromatic heterocycles. The van der Waals surface area contributed by atoms with Gasteiger partial charge in [0.15, 0.2) is 0 Å². The minimum absolute atomic E-state index is 0.452. The van der Waals surface area contributed by atoms with Crippen LogP contribution >= 0.6 is 0 Å². The van der Waals surface area contributed by atoms with Gasteiger partial charge in [0, 0.05) is 33.2 Å². The standard InChI is InChI=1S/C23H26N4O3S/c1-31(29,30)27-18-6-4-5-16(13-18)23(28)15-24-11-12-25-17-9-10-20-19-7-2-3-8-21(19)26-22(20)14-17/h2-10,13-14,23-28H,11-12,15H2,1H3/p+1. The van der Waals surface area contributed by atoms with Crippen molar-refractivity contribution >= 4 is 43.2 Å². The minimum Gasteiger partial charge on any atom is -0.382 e. The number of fused-ring (bicyclic) bond motifs is 3. The van der Waals surface area contributed by atoms with Crippen LogP contribution in [0.15, 0.2) is 66.7 Å². The maximum Gasteiger partial charge on any atom is 0.229 e. The summed E-state index contributed by atoms with van der Waals surface area (Å²) in [5, 5.41) is 18.3. The lowest BCUT2D eigenvalue weighted by Crippen LogP contribution is -2.86. The molecule has 3 aromatic carbocycles. The van der Waals surface area contributed by atoms with E-state index in [0.29, 0.717) is 17.8 Å². The van der Waals surface area contributed by atoms with Gasteiger partial charge in [-0.2, -0.15) is 0 Å². The molecule has 162 valence electrons. The Bertz CT molecular complexity index is 1300. The molecular formula is C23H27N4O3S+. The normalized spacial score (nSPS) is 12.8. The second kappa shape index (κ2) is 8.97. The number of aliphatic hydroxyl groups excluding tert-OH is 1. The summed E-state index contributed by atoms with van der Waals surface area (Å²) in [7, 11) is -3.34. The summed E-state index contributed by atoms with van der Waals surface area (Å²) in [4.78, 5) is 3.45. The van der Waals surface area contributed by atoms with Gasteiger partial charge in [-0.25, -0.2) is 8.42 Å². The van der Waals surface area contributed by atoms with E-state index in [2.05, 4.69) is 45.4 Å². The van der Waals surface area contributed by atoms with E-state index >= 15 is 0 Å². The van der Waals surface area contributed by atoms with Crippen LogP contribution in [0.4, 0.5) is 11.4 Å². The maximum atomic E-state index is 11.4. The van der Waals surface area contributed by atoms with Gasteiger partial charge in [-0.15, -0.1) is 0 Å². The highest BCUT2D eigenvalue weighted by molar-refractivity contribution is 7.92. The van der Waals surface area contributed by atoms with E-state index in [9.17, 15) is 13.5 Å². The number of hydrogen-bond acceptors (Lipinski definition) is 4. The molecule has 8 heteroatoms. The molecule has 1 atom stereocenters. The first kappa shape index (κ1) is 21.2. The zero-order valence-electron chi connectivity index (χ0n) is 17.3. The molecule has 0 saturated carbocycles. The third-order valence-electron chi connectivity index (χ3n) is 5.15. The van der Waals surface area contributed by atoms with Crippen molar-refractivity contribution in [2.45, 2.75) is 6.10 Å². The molecule has 4 aromatic rings. The van der Waals surface area contributed by atoms with Gasteiger partial charge in [0.05, 0.1) is 19.3 Å². The lowest BCUT2D eigenvalue weighted by molar-refractivity contribution is -0.659. The molecule has 0 aliphatic carbocycles. The van der Waals surface area contributed by atoms with E-state index in [4.69, 9.17) is 0 Å². The number of para-hydroxylation sites is 1. The van der Waals surface area contributed by atoms with Crippen LogP contribution in [-0.2, 0) is 10.0 Å². The number of benzene rings is 3. The SMILES string of the molecule is CS(=O)(=O)Nc1cccc(C(O)C[NH2+]CCNc2ccc3c(c2)[nH]c2ccccc23)c1. The van der Waals surface area contributed by atoms with Crippen molar-refractivity contribution in [3.05, 3.63) is 72.3 Å². The van der Waals surface area contributed by atoms with Gasteiger partial charge in [0.25, 0.3) is 0 Å². The smallest absolute Gasteiger partial charge is 0.229 e. The Balaban J connectivity index is 1.27. The van der Waals surface area contributed by atoms with Crippen LogP contribution in [0.5, 0.6) is 0 Å². The lowest BCUT2D eigenvalue weighted by atomic mass is 10.1. The number of nitrogens with two attached hydrogens (primary N) is 1. The van der Waals surface area contributed by atoms with E-state index in [1.807, 2.05) is 17.4 Å². The van der Waals surface area contributed by atoms with Crippen molar-refractivity contribution in [3.8, 4) is 0 Å². The molecule has 1 unspecified atom stereocenters. The molecule has 4 rings (SSSR count). The van der Waals surface area contributed by atoms with Crippen LogP contribution in [0.2, 0.25) is 0 Å². The Labute approximate surface area is 181 Å². The topological polar surface area (TPSA) is 111 Å². The Morgan fingerprint density at radius 2 is 1.77 bits per heavy atom. The third-order valence-corrected chi connectivity index (χ3v) is 5.75. The highest BCUT2D eigenvalue weighted by Gasteiger charge is 2.11. The van der Waals surface area contributed by atoms with Crippen LogP contribution in [0.1, 0.15) is 11.7 Å². The van der Waals surface area contributed by atoms with Gasteiger partial charge >= 0.3 is 0 Å². The first-order valence-electron chi connectivity index (χ1n) is 10.2. The molecule has 0 fully saturated rings. The molecule has 0 saturated heterocycles. The summed E-state index contributed by atoms with van der Waals surface area (Å²) in [5.41, 5.74) is 4.42. The molecule has 1 heterocycles. The predicted octanol–water partition coefficient (Wildman–Crippen LogP) is 2.40. The Morgan fingerprint density at radius 3 is 2.61 bits per heavy atom. The Kier molecular flexibility index (Phi) is 6.13. The minimum atomic E-state index is -3.34. The van der Waals surface area contributed by atoms with E-state index in [-0.39, 0.29) is 0 Å². The van der Waals surface area contributed by atoms with Gasteiger partial charge < -0.3 is 20.7 Å². The van der Waals surface area contributed by atoms with Gasteiger partial charge in [-0.1, -0.05) is 36.4 Å². The summed E-state index contributed by atoms with van der Waals surface area (Å²) in [6.07, 6.45) is 0.427. The Morgan fingerprint density at radius 1 is 0.968 bits per heavy atom. The van der Waals surface area contributed by atoms with E-state index in [1.54, 1.807) is 24.3 Å². The van der Waals surface area contributed by atoms with Crippen molar-refractivity contribution < 1.29 is 18.8 Å². The van der Waals surface area contributed by atoms with Gasteiger partial charge in [-0.05, 0) is 35.9 Å². The molecule has 0 radical (unpaired) electrons. The van der Waals surface area contributed by atoms with Crippen molar-refractivity contribution in [2.24, 2.45) is 0 Å². The van der Waals surface area contributed by atoms with Gasteiger partial charge in [0.1, 0.15) is 12.6 Å². The molecule has 6 N–H and O–H groups in total. The number of aromatic amines is 1.